The van der Waals surface area contributed by atoms with Gasteiger partial charge in [0, 0.05) is 18.0 Å². The second kappa shape index (κ2) is 12.0. The summed E-state index contributed by atoms with van der Waals surface area (Å²) < 4.78 is 203. The summed E-state index contributed by atoms with van der Waals surface area (Å²) in [7, 11) is 0. The Labute approximate surface area is 228 Å². The molecule has 1 aromatic heterocycles. The molecule has 2 rings (SSSR count). The molecule has 1 aromatic carbocycles. The zero-order valence-corrected chi connectivity index (χ0v) is 21.2. The Morgan fingerprint density at radius 2 is 1.07 bits per heavy atom. The molecule has 0 spiro atoms. The molecule has 0 amide bonds. The predicted molar refractivity (Wildman–Crippen MR) is 117 cm³/mol. The van der Waals surface area contributed by atoms with Crippen LogP contribution in [-0.4, -0.2) is 58.3 Å². The molecule has 0 bridgehead atoms. The van der Waals surface area contributed by atoms with Crippen molar-refractivity contribution in [2.45, 2.75) is 80.7 Å². The van der Waals surface area contributed by atoms with Gasteiger partial charge in [0.25, 0.3) is 0 Å². The van der Waals surface area contributed by atoms with Gasteiger partial charge in [0.2, 0.25) is 0 Å². The Hall–Kier alpha value is -2.95. The van der Waals surface area contributed by atoms with Crippen LogP contribution in [0.15, 0.2) is 36.7 Å². The van der Waals surface area contributed by atoms with Gasteiger partial charge in [-0.15, -0.1) is 0 Å². The van der Waals surface area contributed by atoms with Crippen molar-refractivity contribution in [2.75, 3.05) is 6.61 Å². The zero-order valence-electron chi connectivity index (χ0n) is 21.2. The summed E-state index contributed by atoms with van der Waals surface area (Å²) in [5.74, 6) is -47.6. The van der Waals surface area contributed by atoms with E-state index >= 15 is 0 Å². The number of rotatable bonds is 14. The van der Waals surface area contributed by atoms with Gasteiger partial charge >= 0.3 is 41.7 Å². The van der Waals surface area contributed by atoms with Gasteiger partial charge in [0.1, 0.15) is 5.75 Å². The van der Waals surface area contributed by atoms with Crippen LogP contribution in [0.4, 0.5) is 65.9 Å². The molecule has 0 unspecified atom stereocenters. The largest absolute Gasteiger partial charge is 0.487 e. The lowest BCUT2D eigenvalue weighted by Crippen LogP contribution is -2.73. The molecule has 2 aromatic rings. The van der Waals surface area contributed by atoms with E-state index in [0.717, 1.165) is 55.5 Å². The molecule has 0 radical (unpaired) electrons. The van der Waals surface area contributed by atoms with Gasteiger partial charge in [-0.1, -0.05) is 26.2 Å². The second-order valence-corrected chi connectivity index (χ2v) is 9.11. The standard InChI is InChI=1S/C24H21F15N2O/c1-2-3-4-5-6-14-11-40-17(41-12-14)15-7-9-16(10-8-15)42-13-18(25,26)19(27,28)20(29,30)21(31,32)22(33,34)23(35,36)24(37,38)39/h7-12H,2-6,13H2,1H3. The number of ether oxygens (including phenoxy) is 1. The molecule has 1 heterocycles. The van der Waals surface area contributed by atoms with Crippen molar-refractivity contribution in [1.82, 2.24) is 9.97 Å². The Kier molecular flexibility index (Phi) is 10.0. The van der Waals surface area contributed by atoms with E-state index < -0.39 is 54.1 Å². The summed E-state index contributed by atoms with van der Waals surface area (Å²) in [5, 5.41) is 0. The Morgan fingerprint density at radius 3 is 1.55 bits per heavy atom. The normalized spacial score (nSPS) is 14.3. The number of alkyl halides is 15. The van der Waals surface area contributed by atoms with E-state index in [1.54, 1.807) is 0 Å². The number of nitrogens with zero attached hydrogens (tertiary/aromatic N) is 2. The molecule has 0 atom stereocenters. The van der Waals surface area contributed by atoms with Crippen molar-refractivity contribution in [1.29, 1.82) is 0 Å². The SMILES string of the molecule is CCCCCCc1cnc(-c2ccc(OCC(F)(F)C(F)(F)C(F)(F)C(F)(F)C(F)(F)C(F)(F)C(F)(F)F)cc2)nc1. The van der Waals surface area contributed by atoms with Gasteiger partial charge in [-0.25, -0.2) is 9.97 Å². The first-order valence-corrected chi connectivity index (χ1v) is 11.9. The number of aromatic nitrogens is 2. The van der Waals surface area contributed by atoms with Gasteiger partial charge in [-0.05, 0) is 42.7 Å². The highest BCUT2D eigenvalue weighted by Gasteiger charge is 2.93. The lowest BCUT2D eigenvalue weighted by molar-refractivity contribution is -0.453. The fraction of sp³-hybridized carbons (Fsp3) is 0.583. The van der Waals surface area contributed by atoms with E-state index in [-0.39, 0.29) is 11.4 Å². The Morgan fingerprint density at radius 1 is 0.595 bits per heavy atom. The highest BCUT2D eigenvalue weighted by atomic mass is 19.4. The van der Waals surface area contributed by atoms with Crippen molar-refractivity contribution in [2.24, 2.45) is 0 Å². The Bertz CT molecular complexity index is 1160. The maximum absolute atomic E-state index is 14.0. The van der Waals surface area contributed by atoms with Gasteiger partial charge < -0.3 is 4.74 Å². The average Bonchev–Trinajstić information content (AvgIpc) is 2.89. The van der Waals surface area contributed by atoms with Crippen LogP contribution in [0.1, 0.15) is 38.2 Å². The number of unbranched alkanes of at least 4 members (excludes halogenated alkanes) is 3. The van der Waals surface area contributed by atoms with E-state index in [1.165, 1.54) is 12.4 Å². The zero-order chi connectivity index (χ0) is 32.4. The minimum absolute atomic E-state index is 0.106. The van der Waals surface area contributed by atoms with Crippen molar-refractivity contribution in [3.05, 3.63) is 42.2 Å². The number of hydrogen-bond acceptors (Lipinski definition) is 3. The molecule has 0 aliphatic rings. The minimum atomic E-state index is -8.33. The lowest BCUT2D eigenvalue weighted by atomic mass is 9.91. The molecule has 3 nitrogen and oxygen atoms in total. The molecule has 0 aliphatic heterocycles. The summed E-state index contributed by atoms with van der Waals surface area (Å²) in [6.07, 6.45) is 0.00999. The third kappa shape index (κ3) is 6.35. The number of aryl methyl sites for hydroxylation is 1. The fourth-order valence-electron chi connectivity index (χ4n) is 3.35. The van der Waals surface area contributed by atoms with Crippen LogP contribution in [0, 0.1) is 0 Å². The molecule has 238 valence electrons. The van der Waals surface area contributed by atoms with Crippen molar-refractivity contribution in [3.8, 4) is 17.1 Å². The molecule has 0 aliphatic carbocycles. The fourth-order valence-corrected chi connectivity index (χ4v) is 3.35. The second-order valence-electron chi connectivity index (χ2n) is 9.11. The first-order chi connectivity index (χ1) is 19.0. The molecular weight excluding hydrogens is 617 g/mol. The molecule has 0 saturated carbocycles. The average molecular weight is 638 g/mol. The predicted octanol–water partition coefficient (Wildman–Crippen LogP) is 9.02. The van der Waals surface area contributed by atoms with E-state index in [0.29, 0.717) is 6.42 Å². The molecule has 18 heteroatoms. The first kappa shape index (κ1) is 35.2. The lowest BCUT2D eigenvalue weighted by Gasteiger charge is -2.41. The van der Waals surface area contributed by atoms with Gasteiger partial charge in [0.15, 0.2) is 12.4 Å². The van der Waals surface area contributed by atoms with Crippen molar-refractivity contribution < 1.29 is 70.6 Å². The maximum atomic E-state index is 14.0. The van der Waals surface area contributed by atoms with Gasteiger partial charge in [-0.3, -0.25) is 0 Å². The van der Waals surface area contributed by atoms with Gasteiger partial charge in [0.05, 0.1) is 0 Å². The van der Waals surface area contributed by atoms with Crippen LogP contribution in [0.25, 0.3) is 11.4 Å². The molecule has 0 saturated heterocycles. The third-order valence-corrected chi connectivity index (χ3v) is 5.95. The van der Waals surface area contributed by atoms with E-state index in [1.807, 2.05) is 6.92 Å². The summed E-state index contributed by atoms with van der Waals surface area (Å²) in [6, 6.07) is 3.78. The quantitative estimate of drug-likeness (QED) is 0.153. The number of hydrogen-bond donors (Lipinski definition) is 0. The summed E-state index contributed by atoms with van der Waals surface area (Å²) in [4.78, 5) is 8.17. The first-order valence-electron chi connectivity index (χ1n) is 11.9. The van der Waals surface area contributed by atoms with Crippen molar-refractivity contribution in [3.63, 3.8) is 0 Å². The topological polar surface area (TPSA) is 35.0 Å². The van der Waals surface area contributed by atoms with Crippen LogP contribution < -0.4 is 4.74 Å². The molecule has 42 heavy (non-hydrogen) atoms. The highest BCUT2D eigenvalue weighted by molar-refractivity contribution is 5.55. The third-order valence-electron chi connectivity index (χ3n) is 5.95. The Balaban J connectivity index is 2.18. The molecule has 0 N–H and O–H groups in total. The van der Waals surface area contributed by atoms with E-state index in [9.17, 15) is 65.9 Å². The van der Waals surface area contributed by atoms with Crippen LogP contribution >= 0.6 is 0 Å². The highest BCUT2D eigenvalue weighted by Crippen LogP contribution is 2.62. The summed E-state index contributed by atoms with van der Waals surface area (Å²) >= 11 is 0. The minimum Gasteiger partial charge on any atom is -0.487 e. The van der Waals surface area contributed by atoms with Crippen LogP contribution in [0.2, 0.25) is 0 Å². The number of benzene rings is 1. The monoisotopic (exact) mass is 638 g/mol. The van der Waals surface area contributed by atoms with Gasteiger partial charge in [-0.2, -0.15) is 65.9 Å². The van der Waals surface area contributed by atoms with Crippen molar-refractivity contribution >= 4 is 0 Å². The van der Waals surface area contributed by atoms with E-state index in [4.69, 9.17) is 0 Å². The summed E-state index contributed by atoms with van der Waals surface area (Å²) in [6.45, 7) is -0.869. The van der Waals surface area contributed by atoms with E-state index in [2.05, 4.69) is 14.7 Å². The van der Waals surface area contributed by atoms with Crippen LogP contribution in [0.3, 0.4) is 0 Å². The van der Waals surface area contributed by atoms with Crippen LogP contribution in [-0.2, 0) is 6.42 Å². The molecule has 0 fully saturated rings. The number of halogens is 15. The van der Waals surface area contributed by atoms with Crippen LogP contribution in [0.5, 0.6) is 5.75 Å². The summed E-state index contributed by atoms with van der Waals surface area (Å²) in [5.41, 5.74) is 1.02. The maximum Gasteiger partial charge on any atom is 0.460 e. The smallest absolute Gasteiger partial charge is 0.460 e. The molecular formula is C24H21F15N2O.